The van der Waals surface area contributed by atoms with Crippen molar-refractivity contribution in [2.45, 2.75) is 24.6 Å². The maximum atomic E-state index is 12.6. The SMILES string of the molecule is O=C1N(CC(F)(F)F)c2cnc(Cl)nc2NC12CC2. The van der Waals surface area contributed by atoms with Crippen molar-refractivity contribution in [2.75, 3.05) is 16.8 Å². The molecule has 2 heterocycles. The Hall–Kier alpha value is -1.57. The average Bonchev–Trinajstić information content (AvgIpc) is 3.04. The quantitative estimate of drug-likeness (QED) is 0.804. The summed E-state index contributed by atoms with van der Waals surface area (Å²) in [7, 11) is 0. The Balaban J connectivity index is 2.04. The first-order chi connectivity index (χ1) is 8.81. The molecule has 1 aliphatic carbocycles. The molecule has 1 spiro atoms. The monoisotopic (exact) mass is 292 g/mol. The summed E-state index contributed by atoms with van der Waals surface area (Å²) in [6.07, 6.45) is -2.39. The van der Waals surface area contributed by atoms with Gasteiger partial charge in [-0.05, 0) is 24.4 Å². The second-order valence-electron chi connectivity index (χ2n) is 4.59. The van der Waals surface area contributed by atoms with Crippen molar-refractivity contribution in [1.82, 2.24) is 9.97 Å². The molecule has 1 aromatic heterocycles. The number of aromatic nitrogens is 2. The van der Waals surface area contributed by atoms with Gasteiger partial charge in [-0.25, -0.2) is 4.98 Å². The number of anilines is 2. The van der Waals surface area contributed by atoms with E-state index in [0.717, 1.165) is 6.20 Å². The van der Waals surface area contributed by atoms with Crippen LogP contribution < -0.4 is 10.2 Å². The molecule has 1 aromatic rings. The Morgan fingerprint density at radius 1 is 1.47 bits per heavy atom. The Kier molecular flexibility index (Phi) is 2.44. The standard InChI is InChI=1S/C10H8ClF3N4O/c11-8-15-3-5-6(16-8)17-9(1-2-9)7(19)18(5)4-10(12,13)14/h3H,1-2,4H2,(H,15,16,17). The van der Waals surface area contributed by atoms with Gasteiger partial charge in [0, 0.05) is 0 Å². The minimum atomic E-state index is -4.49. The van der Waals surface area contributed by atoms with Crippen LogP contribution in [0.25, 0.3) is 0 Å². The molecule has 9 heteroatoms. The van der Waals surface area contributed by atoms with Crippen LogP contribution in [0, 0.1) is 0 Å². The lowest BCUT2D eigenvalue weighted by Crippen LogP contribution is -2.52. The van der Waals surface area contributed by atoms with E-state index in [1.807, 2.05) is 0 Å². The lowest BCUT2D eigenvalue weighted by atomic mass is 10.1. The number of alkyl halides is 3. The fourth-order valence-corrected chi connectivity index (χ4v) is 2.22. The van der Waals surface area contributed by atoms with Gasteiger partial charge in [-0.15, -0.1) is 0 Å². The molecule has 1 aliphatic heterocycles. The highest BCUT2D eigenvalue weighted by Gasteiger charge is 2.57. The maximum absolute atomic E-state index is 12.6. The zero-order chi connectivity index (χ0) is 13.8. The van der Waals surface area contributed by atoms with E-state index < -0.39 is 24.2 Å². The van der Waals surface area contributed by atoms with Crippen molar-refractivity contribution in [3.63, 3.8) is 0 Å². The molecule has 1 fully saturated rings. The summed E-state index contributed by atoms with van der Waals surface area (Å²) in [5.74, 6) is -0.426. The van der Waals surface area contributed by atoms with Gasteiger partial charge in [0.1, 0.15) is 17.8 Å². The number of amides is 1. The fourth-order valence-electron chi connectivity index (χ4n) is 2.09. The van der Waals surface area contributed by atoms with E-state index in [0.29, 0.717) is 17.7 Å². The van der Waals surface area contributed by atoms with E-state index in [1.165, 1.54) is 0 Å². The first-order valence-electron chi connectivity index (χ1n) is 5.50. The Morgan fingerprint density at radius 3 is 2.74 bits per heavy atom. The highest BCUT2D eigenvalue weighted by Crippen LogP contribution is 2.47. The Morgan fingerprint density at radius 2 is 2.16 bits per heavy atom. The molecule has 0 bridgehead atoms. The normalized spacial score (nSPS) is 20.2. The number of carbonyl (C=O) groups is 1. The molecule has 0 aromatic carbocycles. The fraction of sp³-hybridized carbons (Fsp3) is 0.500. The van der Waals surface area contributed by atoms with Crippen LogP contribution in [0.5, 0.6) is 0 Å². The van der Waals surface area contributed by atoms with Crippen LogP contribution in [-0.4, -0.2) is 34.1 Å². The van der Waals surface area contributed by atoms with Crippen LogP contribution in [0.2, 0.25) is 5.28 Å². The Bertz CT molecular complexity index is 558. The van der Waals surface area contributed by atoms with Gasteiger partial charge >= 0.3 is 6.18 Å². The highest BCUT2D eigenvalue weighted by atomic mass is 35.5. The van der Waals surface area contributed by atoms with Crippen molar-refractivity contribution in [3.8, 4) is 0 Å². The van der Waals surface area contributed by atoms with Gasteiger partial charge in [-0.1, -0.05) is 0 Å². The first-order valence-corrected chi connectivity index (χ1v) is 5.88. The van der Waals surface area contributed by atoms with Crippen molar-refractivity contribution < 1.29 is 18.0 Å². The third-order valence-corrected chi connectivity index (χ3v) is 3.31. The van der Waals surface area contributed by atoms with Gasteiger partial charge in [-0.2, -0.15) is 18.2 Å². The van der Waals surface area contributed by atoms with Crippen LogP contribution in [-0.2, 0) is 4.79 Å². The molecule has 2 aliphatic rings. The number of nitrogens with zero attached hydrogens (tertiary/aromatic N) is 3. The molecule has 5 nitrogen and oxygen atoms in total. The maximum Gasteiger partial charge on any atom is 0.406 e. The first kappa shape index (κ1) is 12.5. The van der Waals surface area contributed by atoms with Crippen LogP contribution in [0.15, 0.2) is 6.20 Å². The second kappa shape index (κ2) is 3.72. The molecular weight excluding hydrogens is 285 g/mol. The van der Waals surface area contributed by atoms with Gasteiger partial charge in [0.05, 0.1) is 6.20 Å². The van der Waals surface area contributed by atoms with Gasteiger partial charge in [0.2, 0.25) is 5.28 Å². The van der Waals surface area contributed by atoms with Crippen LogP contribution >= 0.6 is 11.6 Å². The second-order valence-corrected chi connectivity index (χ2v) is 4.92. The van der Waals surface area contributed by atoms with E-state index in [-0.39, 0.29) is 16.8 Å². The lowest BCUT2D eigenvalue weighted by Gasteiger charge is -2.34. The zero-order valence-electron chi connectivity index (χ0n) is 9.46. The van der Waals surface area contributed by atoms with E-state index in [9.17, 15) is 18.0 Å². The molecular formula is C10H8ClF3N4O. The summed E-state index contributed by atoms with van der Waals surface area (Å²) in [5, 5.41) is 2.78. The van der Waals surface area contributed by atoms with Crippen molar-refractivity contribution in [2.24, 2.45) is 0 Å². The lowest BCUT2D eigenvalue weighted by molar-refractivity contribution is -0.133. The molecule has 0 saturated heterocycles. The third-order valence-electron chi connectivity index (χ3n) is 3.13. The predicted octanol–water partition coefficient (Wildman–Crippen LogP) is 1.98. The predicted molar refractivity (Wildman–Crippen MR) is 61.0 cm³/mol. The third kappa shape index (κ3) is 2.09. The molecule has 0 atom stereocenters. The summed E-state index contributed by atoms with van der Waals surface area (Å²) in [5.41, 5.74) is -0.945. The summed E-state index contributed by atoms with van der Waals surface area (Å²) in [4.78, 5) is 20.3. The van der Waals surface area contributed by atoms with Crippen molar-refractivity contribution in [3.05, 3.63) is 11.5 Å². The van der Waals surface area contributed by atoms with Gasteiger partial charge in [0.25, 0.3) is 5.91 Å². The molecule has 19 heavy (non-hydrogen) atoms. The minimum Gasteiger partial charge on any atom is -0.354 e. The number of carbonyl (C=O) groups excluding carboxylic acids is 1. The largest absolute Gasteiger partial charge is 0.406 e. The van der Waals surface area contributed by atoms with Gasteiger partial charge in [-0.3, -0.25) is 9.69 Å². The van der Waals surface area contributed by atoms with Crippen LogP contribution in [0.4, 0.5) is 24.7 Å². The molecule has 1 amide bonds. The number of rotatable bonds is 1. The Labute approximate surface area is 110 Å². The molecule has 1 N–H and O–H groups in total. The molecule has 3 rings (SSSR count). The molecule has 102 valence electrons. The minimum absolute atomic E-state index is 0.00394. The number of halogens is 4. The number of nitrogens with one attached hydrogen (secondary N) is 1. The molecule has 0 radical (unpaired) electrons. The number of fused-ring (bicyclic) bond motifs is 1. The van der Waals surface area contributed by atoms with Crippen LogP contribution in [0.1, 0.15) is 12.8 Å². The topological polar surface area (TPSA) is 58.1 Å². The molecule has 0 unspecified atom stereocenters. The summed E-state index contributed by atoms with van der Waals surface area (Å²) in [6.45, 7) is -1.35. The van der Waals surface area contributed by atoms with Crippen LogP contribution in [0.3, 0.4) is 0 Å². The zero-order valence-corrected chi connectivity index (χ0v) is 10.2. The van der Waals surface area contributed by atoms with E-state index in [2.05, 4.69) is 15.3 Å². The number of hydrogen-bond donors (Lipinski definition) is 1. The van der Waals surface area contributed by atoms with Gasteiger partial charge in [0.15, 0.2) is 5.82 Å². The average molecular weight is 293 g/mol. The summed E-state index contributed by atoms with van der Waals surface area (Å²) < 4.78 is 37.7. The van der Waals surface area contributed by atoms with E-state index >= 15 is 0 Å². The highest BCUT2D eigenvalue weighted by molar-refractivity contribution is 6.28. The number of hydrogen-bond acceptors (Lipinski definition) is 4. The van der Waals surface area contributed by atoms with Gasteiger partial charge < -0.3 is 5.32 Å². The molecule has 1 saturated carbocycles. The summed E-state index contributed by atoms with van der Waals surface area (Å²) >= 11 is 5.62. The van der Waals surface area contributed by atoms with E-state index in [1.54, 1.807) is 0 Å². The summed E-state index contributed by atoms with van der Waals surface area (Å²) in [6, 6.07) is 0. The smallest absolute Gasteiger partial charge is 0.354 e. The van der Waals surface area contributed by atoms with Crippen molar-refractivity contribution in [1.29, 1.82) is 0 Å². The van der Waals surface area contributed by atoms with Crippen molar-refractivity contribution >= 4 is 29.0 Å². The van der Waals surface area contributed by atoms with E-state index in [4.69, 9.17) is 11.6 Å².